The number of aliphatic carboxylic acids is 1. The van der Waals surface area contributed by atoms with Crippen molar-refractivity contribution in [3.63, 3.8) is 0 Å². The molecule has 0 bridgehead atoms. The fraction of sp³-hybridized carbons (Fsp3) is 0.857. The largest absolute Gasteiger partial charge is 0.481 e. The van der Waals surface area contributed by atoms with Crippen LogP contribution in [0.25, 0.3) is 0 Å². The molecule has 1 heterocycles. The van der Waals surface area contributed by atoms with Crippen molar-refractivity contribution in [2.45, 2.75) is 18.3 Å². The number of hydrogen-bond acceptors (Lipinski definition) is 5. The molecular formula is C7H12O6. The number of aliphatic hydroxyl groups excluding tert-OH is 3. The zero-order valence-electron chi connectivity index (χ0n) is 6.83. The molecule has 0 aromatic carbocycles. The highest BCUT2D eigenvalue weighted by Gasteiger charge is 2.41. The van der Waals surface area contributed by atoms with Gasteiger partial charge in [-0.25, -0.2) is 0 Å². The van der Waals surface area contributed by atoms with Gasteiger partial charge in [-0.3, -0.25) is 4.79 Å². The minimum atomic E-state index is -1.39. The Kier molecular flexibility index (Phi) is 3.21. The van der Waals surface area contributed by atoms with Gasteiger partial charge in [-0.2, -0.15) is 0 Å². The molecule has 0 unspecified atom stereocenters. The van der Waals surface area contributed by atoms with E-state index >= 15 is 0 Å². The molecule has 0 aromatic heterocycles. The highest BCUT2D eigenvalue weighted by molar-refractivity contribution is 5.71. The maximum Gasteiger partial charge on any atom is 0.311 e. The Balaban J connectivity index is 2.64. The molecular weight excluding hydrogens is 180 g/mol. The first-order chi connectivity index (χ1) is 6.07. The Hall–Kier alpha value is -0.690. The molecule has 1 aliphatic heterocycles. The summed E-state index contributed by atoms with van der Waals surface area (Å²) in [7, 11) is 0. The first-order valence-corrected chi connectivity index (χ1v) is 3.89. The summed E-state index contributed by atoms with van der Waals surface area (Å²) in [5, 5.41) is 35.8. The van der Waals surface area contributed by atoms with Gasteiger partial charge in [0, 0.05) is 0 Å². The quantitative estimate of drug-likeness (QED) is 0.395. The molecule has 4 N–H and O–H groups in total. The Morgan fingerprint density at radius 1 is 1.38 bits per heavy atom. The van der Waals surface area contributed by atoms with E-state index in [1.165, 1.54) is 0 Å². The van der Waals surface area contributed by atoms with E-state index in [9.17, 15) is 15.0 Å². The van der Waals surface area contributed by atoms with Gasteiger partial charge in [0.2, 0.25) is 0 Å². The van der Waals surface area contributed by atoms with E-state index in [2.05, 4.69) is 0 Å². The van der Waals surface area contributed by atoms with E-state index in [0.29, 0.717) is 0 Å². The number of carboxylic acid groups (broad SMARTS) is 1. The first-order valence-electron chi connectivity index (χ1n) is 3.89. The topological polar surface area (TPSA) is 107 Å². The molecule has 0 saturated carbocycles. The first kappa shape index (κ1) is 10.4. The maximum atomic E-state index is 10.5. The average molecular weight is 192 g/mol. The van der Waals surface area contributed by atoms with E-state index in [4.69, 9.17) is 14.9 Å². The smallest absolute Gasteiger partial charge is 0.311 e. The van der Waals surface area contributed by atoms with Gasteiger partial charge >= 0.3 is 5.97 Å². The highest BCUT2D eigenvalue weighted by atomic mass is 16.5. The van der Waals surface area contributed by atoms with Crippen LogP contribution in [-0.2, 0) is 9.53 Å². The van der Waals surface area contributed by atoms with Crippen LogP contribution in [0.1, 0.15) is 0 Å². The van der Waals surface area contributed by atoms with Crippen LogP contribution in [0.4, 0.5) is 0 Å². The van der Waals surface area contributed by atoms with Crippen molar-refractivity contribution in [1.29, 1.82) is 0 Å². The van der Waals surface area contributed by atoms with E-state index in [0.717, 1.165) is 0 Å². The van der Waals surface area contributed by atoms with Gasteiger partial charge in [0.1, 0.15) is 18.1 Å². The second kappa shape index (κ2) is 4.01. The highest BCUT2D eigenvalue weighted by Crippen LogP contribution is 2.20. The molecule has 1 rings (SSSR count). The third-order valence-electron chi connectivity index (χ3n) is 2.13. The molecule has 0 radical (unpaired) electrons. The molecule has 0 amide bonds. The minimum absolute atomic E-state index is 0.196. The van der Waals surface area contributed by atoms with Gasteiger partial charge < -0.3 is 25.2 Å². The van der Waals surface area contributed by atoms with Crippen LogP contribution < -0.4 is 0 Å². The summed E-state index contributed by atoms with van der Waals surface area (Å²) in [6.07, 6.45) is -3.63. The van der Waals surface area contributed by atoms with Gasteiger partial charge in [-0.05, 0) is 0 Å². The van der Waals surface area contributed by atoms with E-state index < -0.39 is 36.8 Å². The van der Waals surface area contributed by atoms with E-state index in [1.807, 2.05) is 0 Å². The monoisotopic (exact) mass is 192 g/mol. The lowest BCUT2D eigenvalue weighted by molar-refractivity contribution is -0.190. The summed E-state index contributed by atoms with van der Waals surface area (Å²) in [6.45, 7) is -0.636. The fourth-order valence-corrected chi connectivity index (χ4v) is 1.26. The normalized spacial score (nSPS) is 40.2. The lowest BCUT2D eigenvalue weighted by atomic mass is 9.93. The van der Waals surface area contributed by atoms with Gasteiger partial charge in [0.05, 0.1) is 19.3 Å². The Morgan fingerprint density at radius 2 is 2.00 bits per heavy atom. The van der Waals surface area contributed by atoms with Crippen LogP contribution in [0.5, 0.6) is 0 Å². The van der Waals surface area contributed by atoms with Crippen molar-refractivity contribution in [2.24, 2.45) is 5.92 Å². The summed E-state index contributed by atoms with van der Waals surface area (Å²) >= 11 is 0. The number of rotatable bonds is 2. The van der Waals surface area contributed by atoms with Crippen LogP contribution in [0.2, 0.25) is 0 Å². The molecule has 1 saturated heterocycles. The third kappa shape index (κ3) is 1.97. The summed E-state index contributed by atoms with van der Waals surface area (Å²) < 4.78 is 4.84. The Bertz CT molecular complexity index is 193. The minimum Gasteiger partial charge on any atom is -0.481 e. The molecule has 1 fully saturated rings. The average Bonchev–Trinajstić information content (AvgIpc) is 2.09. The van der Waals surface area contributed by atoms with Crippen LogP contribution in [0.15, 0.2) is 0 Å². The lowest BCUT2D eigenvalue weighted by Gasteiger charge is -2.34. The van der Waals surface area contributed by atoms with Crippen molar-refractivity contribution in [3.05, 3.63) is 0 Å². The van der Waals surface area contributed by atoms with Gasteiger partial charge in [0.15, 0.2) is 0 Å². The zero-order chi connectivity index (χ0) is 10.0. The SMILES string of the molecule is O=C(O)[C@H]1CO[C@H](CO)[C@H](O)[C@@H]1O. The molecule has 13 heavy (non-hydrogen) atoms. The Morgan fingerprint density at radius 3 is 2.46 bits per heavy atom. The van der Waals surface area contributed by atoms with Crippen molar-refractivity contribution in [1.82, 2.24) is 0 Å². The molecule has 1 aliphatic rings. The molecule has 6 heteroatoms. The van der Waals surface area contributed by atoms with Crippen molar-refractivity contribution < 1.29 is 30.0 Å². The maximum absolute atomic E-state index is 10.5. The number of aliphatic hydroxyl groups is 3. The number of carbonyl (C=O) groups is 1. The Labute approximate surface area is 74.4 Å². The third-order valence-corrected chi connectivity index (χ3v) is 2.13. The standard InChI is InChI=1S/C7H12O6/c8-1-4-6(10)5(9)3(2-13-4)7(11)12/h3-6,8-10H,1-2H2,(H,11,12)/t3-,4+,5+,6-/m0/s1. The van der Waals surface area contributed by atoms with E-state index in [1.54, 1.807) is 0 Å². The summed E-state index contributed by atoms with van der Waals surface area (Å²) in [5.74, 6) is -2.35. The van der Waals surface area contributed by atoms with Gasteiger partial charge in [-0.15, -0.1) is 0 Å². The van der Waals surface area contributed by atoms with Gasteiger partial charge in [-0.1, -0.05) is 0 Å². The lowest BCUT2D eigenvalue weighted by Crippen LogP contribution is -2.53. The number of carboxylic acids is 1. The predicted molar refractivity (Wildman–Crippen MR) is 40.0 cm³/mol. The second-order valence-corrected chi connectivity index (χ2v) is 2.98. The fourth-order valence-electron chi connectivity index (χ4n) is 1.26. The predicted octanol–water partition coefficient (Wildman–Crippen LogP) is -2.20. The number of ether oxygens (including phenoxy) is 1. The second-order valence-electron chi connectivity index (χ2n) is 2.98. The number of hydrogen-bond donors (Lipinski definition) is 4. The summed E-state index contributed by atoms with van der Waals surface area (Å²) in [5.41, 5.74) is 0. The molecule has 76 valence electrons. The molecule has 0 aromatic rings. The summed E-state index contributed by atoms with van der Waals surface area (Å²) in [6, 6.07) is 0. The van der Waals surface area contributed by atoms with Crippen molar-refractivity contribution in [3.8, 4) is 0 Å². The summed E-state index contributed by atoms with van der Waals surface area (Å²) in [4.78, 5) is 10.5. The van der Waals surface area contributed by atoms with Gasteiger partial charge in [0.25, 0.3) is 0 Å². The van der Waals surface area contributed by atoms with E-state index in [-0.39, 0.29) is 6.61 Å². The van der Waals surface area contributed by atoms with Crippen LogP contribution in [0, 0.1) is 5.92 Å². The molecule has 0 aliphatic carbocycles. The van der Waals surface area contributed by atoms with Crippen molar-refractivity contribution in [2.75, 3.05) is 13.2 Å². The molecule has 6 nitrogen and oxygen atoms in total. The molecule has 0 spiro atoms. The van der Waals surface area contributed by atoms with Crippen LogP contribution in [-0.4, -0.2) is 57.9 Å². The van der Waals surface area contributed by atoms with Crippen LogP contribution >= 0.6 is 0 Å². The van der Waals surface area contributed by atoms with Crippen LogP contribution in [0.3, 0.4) is 0 Å². The zero-order valence-corrected chi connectivity index (χ0v) is 6.83. The van der Waals surface area contributed by atoms with Crippen molar-refractivity contribution >= 4 is 5.97 Å². The molecule has 4 atom stereocenters.